The van der Waals surface area contributed by atoms with Gasteiger partial charge in [-0.2, -0.15) is 0 Å². The van der Waals surface area contributed by atoms with Gasteiger partial charge in [-0.1, -0.05) is 27.7 Å². The second kappa shape index (κ2) is 6.70. The first-order valence-corrected chi connectivity index (χ1v) is 5.07. The molecule has 0 spiro atoms. The van der Waals surface area contributed by atoms with Crippen LogP contribution in [0.3, 0.4) is 0 Å². The lowest BCUT2D eigenvalue weighted by Gasteiger charge is -2.10. The van der Waals surface area contributed by atoms with Crippen molar-refractivity contribution in [3.63, 3.8) is 0 Å². The van der Waals surface area contributed by atoms with Gasteiger partial charge in [0.25, 0.3) is 0 Å². The van der Waals surface area contributed by atoms with E-state index in [0.717, 1.165) is 18.7 Å². The molecule has 0 radical (unpaired) electrons. The van der Waals surface area contributed by atoms with Gasteiger partial charge in [0, 0.05) is 18.7 Å². The Balaban J connectivity index is 4.01. The summed E-state index contributed by atoms with van der Waals surface area (Å²) in [6, 6.07) is 0. The van der Waals surface area contributed by atoms with Crippen LogP contribution in [0.25, 0.3) is 0 Å². The summed E-state index contributed by atoms with van der Waals surface area (Å²) >= 11 is 0. The predicted molar refractivity (Wildman–Crippen MR) is 56.5 cm³/mol. The van der Waals surface area contributed by atoms with Crippen LogP contribution in [0.5, 0.6) is 0 Å². The van der Waals surface area contributed by atoms with Crippen LogP contribution in [0.2, 0.25) is 0 Å². The second-order valence-corrected chi connectivity index (χ2v) is 3.62. The molecule has 0 aliphatic rings. The van der Waals surface area contributed by atoms with Crippen molar-refractivity contribution in [2.24, 2.45) is 5.92 Å². The Kier molecular flexibility index (Phi) is 6.29. The molecule has 13 heavy (non-hydrogen) atoms. The van der Waals surface area contributed by atoms with Crippen LogP contribution >= 0.6 is 0 Å². The lowest BCUT2D eigenvalue weighted by Crippen LogP contribution is -2.19. The zero-order valence-electron chi connectivity index (χ0n) is 9.18. The molecule has 0 saturated carbocycles. The molecule has 0 aromatic carbocycles. The summed E-state index contributed by atoms with van der Waals surface area (Å²) < 4.78 is 0. The quantitative estimate of drug-likeness (QED) is 0.641. The van der Waals surface area contributed by atoms with Crippen molar-refractivity contribution in [2.75, 3.05) is 6.54 Å². The van der Waals surface area contributed by atoms with Crippen molar-refractivity contribution in [3.8, 4) is 0 Å². The molecule has 0 aromatic rings. The van der Waals surface area contributed by atoms with E-state index in [0.29, 0.717) is 12.3 Å². The fraction of sp³-hybridized carbons (Fsp3) is 0.727. The molecule has 76 valence electrons. The molecule has 2 nitrogen and oxygen atoms in total. The standard InChI is InChI=1S/C11H21NO/c1-5-10(7-11(13)6-2)12-8-9(3)4/h7,9,12H,5-6,8H2,1-4H3. The Bertz CT molecular complexity index is 183. The maximum Gasteiger partial charge on any atom is 0.157 e. The average molecular weight is 183 g/mol. The zero-order chi connectivity index (χ0) is 10.3. The van der Waals surface area contributed by atoms with E-state index in [1.165, 1.54) is 0 Å². The summed E-state index contributed by atoms with van der Waals surface area (Å²) in [5.74, 6) is 0.819. The number of allylic oxidation sites excluding steroid dienone is 2. The van der Waals surface area contributed by atoms with Gasteiger partial charge in [-0.3, -0.25) is 4.79 Å². The molecule has 0 aromatic heterocycles. The number of carbonyl (C=O) groups is 1. The van der Waals surface area contributed by atoms with Gasteiger partial charge in [0.1, 0.15) is 0 Å². The van der Waals surface area contributed by atoms with Crippen molar-refractivity contribution in [1.82, 2.24) is 5.32 Å². The van der Waals surface area contributed by atoms with Crippen molar-refractivity contribution in [1.29, 1.82) is 0 Å². The third kappa shape index (κ3) is 6.38. The lowest BCUT2D eigenvalue weighted by atomic mass is 10.2. The average Bonchev–Trinajstić information content (AvgIpc) is 2.11. The van der Waals surface area contributed by atoms with E-state index in [1.807, 2.05) is 6.92 Å². The third-order valence-electron chi connectivity index (χ3n) is 1.80. The van der Waals surface area contributed by atoms with E-state index in [4.69, 9.17) is 0 Å². The highest BCUT2D eigenvalue weighted by atomic mass is 16.1. The summed E-state index contributed by atoms with van der Waals surface area (Å²) in [6.45, 7) is 9.19. The molecule has 0 aliphatic carbocycles. The van der Waals surface area contributed by atoms with Gasteiger partial charge in [0.05, 0.1) is 0 Å². The van der Waals surface area contributed by atoms with E-state index < -0.39 is 0 Å². The molecule has 0 atom stereocenters. The minimum atomic E-state index is 0.202. The highest BCUT2D eigenvalue weighted by Gasteiger charge is 1.99. The molecule has 0 unspecified atom stereocenters. The Labute approximate surface area is 81.4 Å². The Morgan fingerprint density at radius 2 is 1.92 bits per heavy atom. The Morgan fingerprint density at radius 1 is 1.31 bits per heavy atom. The smallest absolute Gasteiger partial charge is 0.157 e. The predicted octanol–water partition coefficient (Wildman–Crippen LogP) is 2.51. The summed E-state index contributed by atoms with van der Waals surface area (Å²) in [4.78, 5) is 11.1. The summed E-state index contributed by atoms with van der Waals surface area (Å²) in [6.07, 6.45) is 3.22. The van der Waals surface area contributed by atoms with Crippen LogP contribution in [0.4, 0.5) is 0 Å². The van der Waals surface area contributed by atoms with Gasteiger partial charge in [-0.25, -0.2) is 0 Å². The molecule has 0 amide bonds. The fourth-order valence-corrected chi connectivity index (χ4v) is 0.910. The van der Waals surface area contributed by atoms with Crippen LogP contribution in [0.15, 0.2) is 11.8 Å². The lowest BCUT2D eigenvalue weighted by molar-refractivity contribution is -0.114. The molecule has 0 rings (SSSR count). The first-order valence-electron chi connectivity index (χ1n) is 5.07. The van der Waals surface area contributed by atoms with E-state index in [2.05, 4.69) is 26.1 Å². The molecular weight excluding hydrogens is 162 g/mol. The van der Waals surface area contributed by atoms with Gasteiger partial charge in [0.2, 0.25) is 0 Å². The summed E-state index contributed by atoms with van der Waals surface area (Å²) in [7, 11) is 0. The van der Waals surface area contributed by atoms with E-state index >= 15 is 0 Å². The largest absolute Gasteiger partial charge is 0.388 e. The molecule has 0 aliphatic heterocycles. The molecule has 2 heteroatoms. The third-order valence-corrected chi connectivity index (χ3v) is 1.80. The molecular formula is C11H21NO. The number of hydrogen-bond donors (Lipinski definition) is 1. The second-order valence-electron chi connectivity index (χ2n) is 3.62. The molecule has 0 fully saturated rings. The van der Waals surface area contributed by atoms with E-state index in [-0.39, 0.29) is 5.78 Å². The number of hydrogen-bond acceptors (Lipinski definition) is 2. The van der Waals surface area contributed by atoms with E-state index in [1.54, 1.807) is 6.08 Å². The first kappa shape index (κ1) is 12.2. The van der Waals surface area contributed by atoms with Crippen molar-refractivity contribution in [2.45, 2.75) is 40.5 Å². The number of carbonyl (C=O) groups excluding carboxylic acids is 1. The molecule has 0 bridgehead atoms. The maximum absolute atomic E-state index is 11.1. The van der Waals surface area contributed by atoms with Crippen LogP contribution in [-0.2, 0) is 4.79 Å². The van der Waals surface area contributed by atoms with Crippen LogP contribution in [0, 0.1) is 5.92 Å². The number of rotatable bonds is 6. The zero-order valence-corrected chi connectivity index (χ0v) is 9.18. The molecule has 0 saturated heterocycles. The molecule has 1 N–H and O–H groups in total. The fourth-order valence-electron chi connectivity index (χ4n) is 0.910. The summed E-state index contributed by atoms with van der Waals surface area (Å²) in [5, 5.41) is 3.27. The molecule has 0 heterocycles. The minimum Gasteiger partial charge on any atom is -0.388 e. The SMILES string of the molecule is CCC(=O)C=C(CC)NCC(C)C. The van der Waals surface area contributed by atoms with Gasteiger partial charge in [0.15, 0.2) is 5.78 Å². The van der Waals surface area contributed by atoms with Gasteiger partial charge in [-0.05, 0) is 18.4 Å². The summed E-state index contributed by atoms with van der Waals surface area (Å²) in [5.41, 5.74) is 1.06. The monoisotopic (exact) mass is 183 g/mol. The van der Waals surface area contributed by atoms with Crippen molar-refractivity contribution < 1.29 is 4.79 Å². The topological polar surface area (TPSA) is 29.1 Å². The highest BCUT2D eigenvalue weighted by molar-refractivity contribution is 5.89. The van der Waals surface area contributed by atoms with Crippen LogP contribution in [-0.4, -0.2) is 12.3 Å². The normalized spacial score (nSPS) is 11.9. The number of nitrogens with one attached hydrogen (secondary N) is 1. The van der Waals surface area contributed by atoms with Crippen LogP contribution in [0.1, 0.15) is 40.5 Å². The first-order chi connectivity index (χ1) is 6.10. The van der Waals surface area contributed by atoms with Gasteiger partial charge >= 0.3 is 0 Å². The van der Waals surface area contributed by atoms with Gasteiger partial charge in [-0.15, -0.1) is 0 Å². The maximum atomic E-state index is 11.1. The minimum absolute atomic E-state index is 0.202. The van der Waals surface area contributed by atoms with Gasteiger partial charge < -0.3 is 5.32 Å². The van der Waals surface area contributed by atoms with Crippen LogP contribution < -0.4 is 5.32 Å². The van der Waals surface area contributed by atoms with E-state index in [9.17, 15) is 4.79 Å². The Morgan fingerprint density at radius 3 is 2.31 bits per heavy atom. The number of ketones is 1. The van der Waals surface area contributed by atoms with Crippen molar-refractivity contribution >= 4 is 5.78 Å². The Hall–Kier alpha value is -0.790. The highest BCUT2D eigenvalue weighted by Crippen LogP contribution is 1.99. The van der Waals surface area contributed by atoms with Crippen molar-refractivity contribution in [3.05, 3.63) is 11.8 Å².